The van der Waals surface area contributed by atoms with Crippen LogP contribution in [0.15, 0.2) is 127 Å². The first-order valence-corrected chi connectivity index (χ1v) is 14.1. The fourth-order valence-electron chi connectivity index (χ4n) is 6.04. The number of aromatic nitrogens is 3. The molecule has 2 N–H and O–H groups in total. The van der Waals surface area contributed by atoms with Gasteiger partial charge >= 0.3 is 0 Å². The second-order valence-corrected chi connectivity index (χ2v) is 10.8. The van der Waals surface area contributed by atoms with Crippen LogP contribution in [0.3, 0.4) is 0 Å². The predicted octanol–water partition coefficient (Wildman–Crippen LogP) is 7.27. The molecule has 6 rings (SSSR count). The van der Waals surface area contributed by atoms with Crippen molar-refractivity contribution in [3.8, 4) is 0 Å². The number of aryl methyl sites for hydroxylation is 1. The molecule has 0 fully saturated rings. The average Bonchev–Trinajstić information content (AvgIpc) is 3.43. The van der Waals surface area contributed by atoms with Gasteiger partial charge < -0.3 is 14.9 Å². The van der Waals surface area contributed by atoms with Crippen LogP contribution in [-0.4, -0.2) is 20.4 Å². The third-order valence-electron chi connectivity index (χ3n) is 7.83. The molecule has 208 valence electrons. The highest BCUT2D eigenvalue weighted by Crippen LogP contribution is 2.50. The normalized spacial score (nSPS) is 12.3. The third kappa shape index (κ3) is 4.60. The van der Waals surface area contributed by atoms with Crippen LogP contribution < -0.4 is 10.9 Å². The van der Waals surface area contributed by atoms with Gasteiger partial charge in [0, 0.05) is 24.2 Å². The minimum Gasteiger partial charge on any atom is -0.348 e. The summed E-state index contributed by atoms with van der Waals surface area (Å²) in [7, 11) is 0. The Bertz CT molecular complexity index is 1840. The lowest BCUT2D eigenvalue weighted by atomic mass is 9.63. The Morgan fingerprint density at radius 3 is 1.90 bits per heavy atom. The van der Waals surface area contributed by atoms with Crippen LogP contribution in [0, 0.1) is 6.92 Å². The zero-order valence-electron chi connectivity index (χ0n) is 23.2. The SMILES string of the molecule is CC(=O)Nc1cc2ccn(C(c3nc[nH]c3C)C(c3ccccc3)(c3ccccc3)c3ccccc3)c(=O)c2cc1Cl. The van der Waals surface area contributed by atoms with Crippen molar-refractivity contribution in [2.45, 2.75) is 25.3 Å². The zero-order chi connectivity index (χ0) is 29.3. The first-order chi connectivity index (χ1) is 20.4. The van der Waals surface area contributed by atoms with Gasteiger partial charge in [0.2, 0.25) is 5.91 Å². The van der Waals surface area contributed by atoms with Crippen LogP contribution in [-0.2, 0) is 10.2 Å². The maximum Gasteiger partial charge on any atom is 0.259 e. The number of fused-ring (bicyclic) bond motifs is 1. The second-order valence-electron chi connectivity index (χ2n) is 10.4. The van der Waals surface area contributed by atoms with Gasteiger partial charge in [0.05, 0.1) is 34.2 Å². The molecule has 0 aliphatic rings. The molecule has 6 aromatic rings. The number of amides is 1. The highest BCUT2D eigenvalue weighted by molar-refractivity contribution is 6.34. The summed E-state index contributed by atoms with van der Waals surface area (Å²) in [5, 5.41) is 4.15. The van der Waals surface area contributed by atoms with Gasteiger partial charge in [0.1, 0.15) is 0 Å². The lowest BCUT2D eigenvalue weighted by molar-refractivity contribution is -0.114. The van der Waals surface area contributed by atoms with E-state index in [1.165, 1.54) is 6.92 Å². The number of nitrogens with zero attached hydrogens (tertiary/aromatic N) is 2. The van der Waals surface area contributed by atoms with Gasteiger partial charge in [-0.15, -0.1) is 0 Å². The van der Waals surface area contributed by atoms with E-state index in [0.717, 1.165) is 28.1 Å². The lowest BCUT2D eigenvalue weighted by Gasteiger charge is -2.43. The quantitative estimate of drug-likeness (QED) is 0.197. The van der Waals surface area contributed by atoms with E-state index in [1.54, 1.807) is 23.0 Å². The van der Waals surface area contributed by atoms with Gasteiger partial charge in [0.25, 0.3) is 5.56 Å². The van der Waals surface area contributed by atoms with Crippen LogP contribution in [0.1, 0.15) is 41.0 Å². The summed E-state index contributed by atoms with van der Waals surface area (Å²) >= 11 is 6.57. The number of anilines is 1. The highest BCUT2D eigenvalue weighted by atomic mass is 35.5. The molecular formula is C35H29ClN4O2. The number of rotatable bonds is 7. The van der Waals surface area contributed by atoms with Crippen molar-refractivity contribution in [3.05, 3.63) is 165 Å². The van der Waals surface area contributed by atoms with E-state index < -0.39 is 11.5 Å². The molecule has 2 aromatic heterocycles. The summed E-state index contributed by atoms with van der Waals surface area (Å²) in [6.45, 7) is 3.40. The first kappa shape index (κ1) is 27.2. The number of hydrogen-bond donors (Lipinski definition) is 2. The molecular weight excluding hydrogens is 544 g/mol. The zero-order valence-corrected chi connectivity index (χ0v) is 24.0. The fraction of sp³-hybridized carbons (Fsp3) is 0.114. The van der Waals surface area contributed by atoms with Crippen LogP contribution in [0.4, 0.5) is 5.69 Å². The maximum absolute atomic E-state index is 14.6. The maximum atomic E-state index is 14.6. The number of halogens is 1. The molecule has 0 bridgehead atoms. The van der Waals surface area contributed by atoms with Crippen molar-refractivity contribution < 1.29 is 4.79 Å². The smallest absolute Gasteiger partial charge is 0.259 e. The Hall–Kier alpha value is -4.94. The van der Waals surface area contributed by atoms with Crippen molar-refractivity contribution in [1.29, 1.82) is 0 Å². The molecule has 0 saturated carbocycles. The standard InChI is InChI=1S/C35H29ClN4O2/c1-23-32(38-22-37-23)33(40-19-18-25-20-31(39-24(2)41)30(36)21-29(25)34(40)42)35(26-12-6-3-7-13-26,27-14-8-4-9-15-27)28-16-10-5-11-17-28/h3-22,33H,1-2H3,(H,37,38)(H,39,41). The summed E-state index contributed by atoms with van der Waals surface area (Å²) in [5.41, 5.74) is 4.03. The van der Waals surface area contributed by atoms with Gasteiger partial charge in [-0.3, -0.25) is 9.59 Å². The molecule has 0 radical (unpaired) electrons. The Balaban J connectivity index is 1.75. The number of carbonyl (C=O) groups is 1. The average molecular weight is 573 g/mol. The third-order valence-corrected chi connectivity index (χ3v) is 8.15. The lowest BCUT2D eigenvalue weighted by Crippen LogP contribution is -2.44. The number of aromatic amines is 1. The Morgan fingerprint density at radius 1 is 0.881 bits per heavy atom. The van der Waals surface area contributed by atoms with Crippen molar-refractivity contribution >= 4 is 34.0 Å². The van der Waals surface area contributed by atoms with Crippen LogP contribution >= 0.6 is 11.6 Å². The molecule has 2 heterocycles. The van der Waals surface area contributed by atoms with Crippen LogP contribution in [0.5, 0.6) is 0 Å². The van der Waals surface area contributed by atoms with Gasteiger partial charge in [0.15, 0.2) is 0 Å². The monoisotopic (exact) mass is 572 g/mol. The Labute approximate surface area is 248 Å². The largest absolute Gasteiger partial charge is 0.348 e. The molecule has 0 aliphatic heterocycles. The van der Waals surface area contributed by atoms with E-state index in [9.17, 15) is 9.59 Å². The second kappa shape index (κ2) is 11.1. The van der Waals surface area contributed by atoms with E-state index in [-0.39, 0.29) is 11.5 Å². The van der Waals surface area contributed by atoms with Gasteiger partial charge in [-0.05, 0) is 47.2 Å². The molecule has 6 nitrogen and oxygen atoms in total. The highest BCUT2D eigenvalue weighted by Gasteiger charge is 2.47. The molecule has 0 aliphatic carbocycles. The number of carbonyl (C=O) groups excluding carboxylic acids is 1. The summed E-state index contributed by atoms with van der Waals surface area (Å²) in [4.78, 5) is 34.4. The van der Waals surface area contributed by atoms with Crippen LogP contribution in [0.25, 0.3) is 10.8 Å². The molecule has 0 saturated heterocycles. The van der Waals surface area contributed by atoms with Crippen molar-refractivity contribution in [1.82, 2.24) is 14.5 Å². The first-order valence-electron chi connectivity index (χ1n) is 13.7. The molecule has 4 aromatic carbocycles. The number of imidazole rings is 1. The molecule has 0 spiro atoms. The predicted molar refractivity (Wildman–Crippen MR) is 168 cm³/mol. The van der Waals surface area contributed by atoms with E-state index in [1.807, 2.05) is 73.8 Å². The summed E-state index contributed by atoms with van der Waals surface area (Å²) in [5.74, 6) is -0.239. The van der Waals surface area contributed by atoms with Crippen molar-refractivity contribution in [2.24, 2.45) is 0 Å². The van der Waals surface area contributed by atoms with Crippen LogP contribution in [0.2, 0.25) is 5.02 Å². The number of hydrogen-bond acceptors (Lipinski definition) is 3. The van der Waals surface area contributed by atoms with E-state index in [0.29, 0.717) is 21.5 Å². The Kier molecular flexibility index (Phi) is 7.23. The number of pyridine rings is 1. The molecule has 7 heteroatoms. The molecule has 1 atom stereocenters. The topological polar surface area (TPSA) is 79.8 Å². The molecule has 1 amide bonds. The van der Waals surface area contributed by atoms with Crippen molar-refractivity contribution in [3.63, 3.8) is 0 Å². The van der Waals surface area contributed by atoms with E-state index in [4.69, 9.17) is 16.6 Å². The number of H-pyrrole nitrogens is 1. The number of benzene rings is 4. The Morgan fingerprint density at radius 2 is 1.43 bits per heavy atom. The fourth-order valence-corrected chi connectivity index (χ4v) is 6.25. The van der Waals surface area contributed by atoms with E-state index in [2.05, 4.69) is 46.7 Å². The summed E-state index contributed by atoms with van der Waals surface area (Å²) in [6.07, 6.45) is 3.49. The minimum absolute atomic E-state index is 0.219. The summed E-state index contributed by atoms with van der Waals surface area (Å²) in [6, 6.07) is 35.4. The summed E-state index contributed by atoms with van der Waals surface area (Å²) < 4.78 is 1.77. The van der Waals surface area contributed by atoms with E-state index >= 15 is 0 Å². The number of nitrogens with one attached hydrogen (secondary N) is 2. The van der Waals surface area contributed by atoms with Gasteiger partial charge in [-0.25, -0.2) is 4.98 Å². The van der Waals surface area contributed by atoms with Gasteiger partial charge in [-0.1, -0.05) is 103 Å². The minimum atomic E-state index is -0.860. The molecule has 1 unspecified atom stereocenters. The van der Waals surface area contributed by atoms with Crippen molar-refractivity contribution in [2.75, 3.05) is 5.32 Å². The molecule has 42 heavy (non-hydrogen) atoms. The van der Waals surface area contributed by atoms with Gasteiger partial charge in [-0.2, -0.15) is 0 Å².